The molecule has 29 heavy (non-hydrogen) atoms. The van der Waals surface area contributed by atoms with E-state index in [9.17, 15) is 14.9 Å². The molecule has 0 saturated heterocycles. The van der Waals surface area contributed by atoms with Crippen molar-refractivity contribution in [1.29, 1.82) is 0 Å². The molecule has 1 aliphatic carbocycles. The van der Waals surface area contributed by atoms with Crippen LogP contribution in [0.1, 0.15) is 57.9 Å². The van der Waals surface area contributed by atoms with Gasteiger partial charge in [-0.1, -0.05) is 19.9 Å². The lowest BCUT2D eigenvalue weighted by Gasteiger charge is -2.22. The highest BCUT2D eigenvalue weighted by Crippen LogP contribution is 2.26. The smallest absolute Gasteiger partial charge is 0.323 e. The number of anilines is 1. The van der Waals surface area contributed by atoms with Crippen molar-refractivity contribution in [1.82, 2.24) is 5.32 Å². The highest BCUT2D eigenvalue weighted by atomic mass is 16.6. The molecule has 1 aromatic rings. The van der Waals surface area contributed by atoms with E-state index in [1.165, 1.54) is 6.07 Å². The Labute approximate surface area is 172 Å². The maximum Gasteiger partial charge on any atom is 0.323 e. The molecule has 0 aliphatic heterocycles. The van der Waals surface area contributed by atoms with Crippen molar-refractivity contribution >= 4 is 17.3 Å². The van der Waals surface area contributed by atoms with E-state index in [1.807, 2.05) is 0 Å². The standard InChI is InChI=1S/C21H33N3O5/c1-15(2)12-19(21(26)29-17-6-3-4-7-17)23-14-16-8-9-18(22-10-5-11-25)20(13-16)24(27)28/h8-9,13,15,17,19,22-23,25H,3-7,10-12,14H2,1-2H3. The fraction of sp³-hybridized carbons (Fsp3) is 0.667. The maximum atomic E-state index is 12.6. The summed E-state index contributed by atoms with van der Waals surface area (Å²) in [6, 6.07) is 4.55. The summed E-state index contributed by atoms with van der Waals surface area (Å²) in [5.41, 5.74) is 1.13. The first-order valence-electron chi connectivity index (χ1n) is 10.5. The van der Waals surface area contributed by atoms with Crippen LogP contribution in [-0.2, 0) is 16.1 Å². The number of carbonyl (C=O) groups excluding carboxylic acids is 1. The van der Waals surface area contributed by atoms with Crippen LogP contribution in [0.3, 0.4) is 0 Å². The van der Waals surface area contributed by atoms with Crippen LogP contribution in [0.2, 0.25) is 0 Å². The summed E-state index contributed by atoms with van der Waals surface area (Å²) in [6.45, 7) is 4.93. The second-order valence-corrected chi connectivity index (χ2v) is 8.02. The minimum absolute atomic E-state index is 0.0174. The number of nitro groups is 1. The second-order valence-electron chi connectivity index (χ2n) is 8.02. The molecule has 1 aliphatic rings. The first-order valence-corrected chi connectivity index (χ1v) is 10.5. The molecule has 1 aromatic carbocycles. The molecule has 0 spiro atoms. The number of nitro benzene ring substituents is 1. The molecule has 3 N–H and O–H groups in total. The number of nitrogens with zero attached hydrogens (tertiary/aromatic N) is 1. The normalized spacial score (nSPS) is 15.4. The van der Waals surface area contributed by atoms with Crippen LogP contribution in [0.4, 0.5) is 11.4 Å². The van der Waals surface area contributed by atoms with Gasteiger partial charge in [0, 0.05) is 25.8 Å². The van der Waals surface area contributed by atoms with Crippen LogP contribution in [0.5, 0.6) is 0 Å². The molecule has 162 valence electrons. The van der Waals surface area contributed by atoms with Gasteiger partial charge >= 0.3 is 5.97 Å². The number of nitrogens with one attached hydrogen (secondary N) is 2. The molecule has 1 fully saturated rings. The maximum absolute atomic E-state index is 12.6. The fourth-order valence-corrected chi connectivity index (χ4v) is 3.52. The predicted molar refractivity (Wildman–Crippen MR) is 112 cm³/mol. The van der Waals surface area contributed by atoms with Crippen LogP contribution in [0.15, 0.2) is 18.2 Å². The summed E-state index contributed by atoms with van der Waals surface area (Å²) in [7, 11) is 0. The monoisotopic (exact) mass is 407 g/mol. The number of hydrogen-bond donors (Lipinski definition) is 3. The highest BCUT2D eigenvalue weighted by Gasteiger charge is 2.26. The SMILES string of the molecule is CC(C)CC(NCc1ccc(NCCCO)c([N+](=O)[O-])c1)C(=O)OC1CCCC1. The van der Waals surface area contributed by atoms with E-state index in [-0.39, 0.29) is 24.4 Å². The Morgan fingerprint density at radius 1 is 1.34 bits per heavy atom. The Morgan fingerprint density at radius 2 is 2.07 bits per heavy atom. The molecular formula is C21H33N3O5. The fourth-order valence-electron chi connectivity index (χ4n) is 3.52. The summed E-state index contributed by atoms with van der Waals surface area (Å²) in [4.78, 5) is 23.6. The molecule has 8 heteroatoms. The van der Waals surface area contributed by atoms with Gasteiger partial charge in [0.15, 0.2) is 0 Å². The van der Waals surface area contributed by atoms with Gasteiger partial charge < -0.3 is 20.5 Å². The molecular weight excluding hydrogens is 374 g/mol. The number of benzene rings is 1. The molecule has 0 radical (unpaired) electrons. The van der Waals surface area contributed by atoms with Crippen molar-refractivity contribution < 1.29 is 19.6 Å². The van der Waals surface area contributed by atoms with E-state index < -0.39 is 11.0 Å². The lowest BCUT2D eigenvalue weighted by Crippen LogP contribution is -2.40. The third-order valence-electron chi connectivity index (χ3n) is 5.04. The van der Waals surface area contributed by atoms with E-state index in [2.05, 4.69) is 24.5 Å². The minimum Gasteiger partial charge on any atom is -0.461 e. The summed E-state index contributed by atoms with van der Waals surface area (Å²) < 4.78 is 5.66. The first kappa shape index (κ1) is 23.1. The number of carbonyl (C=O) groups is 1. The molecule has 8 nitrogen and oxygen atoms in total. The summed E-state index contributed by atoms with van der Waals surface area (Å²) in [5, 5.41) is 26.5. The topological polar surface area (TPSA) is 114 Å². The molecule has 1 saturated carbocycles. The first-order chi connectivity index (χ1) is 13.9. The van der Waals surface area contributed by atoms with Crippen molar-refractivity contribution in [2.24, 2.45) is 5.92 Å². The van der Waals surface area contributed by atoms with Gasteiger partial charge in [-0.05, 0) is 56.1 Å². The number of ether oxygens (including phenoxy) is 1. The number of aliphatic hydroxyl groups is 1. The van der Waals surface area contributed by atoms with E-state index in [0.29, 0.717) is 37.5 Å². The molecule has 2 rings (SSSR count). The third-order valence-corrected chi connectivity index (χ3v) is 5.04. The van der Waals surface area contributed by atoms with E-state index >= 15 is 0 Å². The molecule has 1 atom stereocenters. The van der Waals surface area contributed by atoms with Crippen molar-refractivity contribution in [2.45, 2.75) is 71.1 Å². The Hall–Kier alpha value is -2.19. The van der Waals surface area contributed by atoms with Gasteiger partial charge in [-0.2, -0.15) is 0 Å². The van der Waals surface area contributed by atoms with Crippen LogP contribution in [0.25, 0.3) is 0 Å². The Morgan fingerprint density at radius 3 is 2.69 bits per heavy atom. The minimum atomic E-state index is -0.433. The number of hydrogen-bond acceptors (Lipinski definition) is 7. The zero-order chi connectivity index (χ0) is 21.2. The van der Waals surface area contributed by atoms with E-state index in [4.69, 9.17) is 9.84 Å². The third kappa shape index (κ3) is 7.62. The van der Waals surface area contributed by atoms with Gasteiger partial charge in [-0.3, -0.25) is 14.9 Å². The quantitative estimate of drug-likeness (QED) is 0.211. The van der Waals surface area contributed by atoms with Gasteiger partial charge in [-0.25, -0.2) is 0 Å². The lowest BCUT2D eigenvalue weighted by molar-refractivity contribution is -0.384. The summed E-state index contributed by atoms with van der Waals surface area (Å²) >= 11 is 0. The Balaban J connectivity index is 2.01. The van der Waals surface area contributed by atoms with Gasteiger partial charge in [0.1, 0.15) is 17.8 Å². The number of rotatable bonds is 12. The average molecular weight is 408 g/mol. The number of esters is 1. The van der Waals surface area contributed by atoms with Crippen LogP contribution >= 0.6 is 0 Å². The summed E-state index contributed by atoms with van der Waals surface area (Å²) in [6.07, 6.45) is 5.23. The predicted octanol–water partition coefficient (Wildman–Crippen LogP) is 3.38. The zero-order valence-electron chi connectivity index (χ0n) is 17.4. The lowest BCUT2D eigenvalue weighted by atomic mass is 10.0. The Bertz CT molecular complexity index is 674. The van der Waals surface area contributed by atoms with Crippen LogP contribution < -0.4 is 10.6 Å². The van der Waals surface area contributed by atoms with Crippen molar-refractivity contribution in [2.75, 3.05) is 18.5 Å². The van der Waals surface area contributed by atoms with E-state index in [0.717, 1.165) is 31.2 Å². The van der Waals surface area contributed by atoms with Gasteiger partial charge in [-0.15, -0.1) is 0 Å². The van der Waals surface area contributed by atoms with Gasteiger partial charge in [0.2, 0.25) is 0 Å². The van der Waals surface area contributed by atoms with E-state index in [1.54, 1.807) is 12.1 Å². The van der Waals surface area contributed by atoms with Crippen LogP contribution in [0, 0.1) is 16.0 Å². The molecule has 0 bridgehead atoms. The largest absolute Gasteiger partial charge is 0.461 e. The number of aliphatic hydroxyl groups excluding tert-OH is 1. The summed E-state index contributed by atoms with van der Waals surface area (Å²) in [5.74, 6) is 0.0819. The van der Waals surface area contributed by atoms with Crippen molar-refractivity contribution in [3.05, 3.63) is 33.9 Å². The van der Waals surface area contributed by atoms with Crippen molar-refractivity contribution in [3.63, 3.8) is 0 Å². The van der Waals surface area contributed by atoms with Crippen LogP contribution in [-0.4, -0.2) is 41.3 Å². The molecule has 0 heterocycles. The van der Waals surface area contributed by atoms with Crippen molar-refractivity contribution in [3.8, 4) is 0 Å². The molecule has 0 amide bonds. The Kier molecular flexibility index (Phi) is 9.34. The van der Waals surface area contributed by atoms with Gasteiger partial charge in [0.25, 0.3) is 5.69 Å². The molecule has 0 aromatic heterocycles. The zero-order valence-corrected chi connectivity index (χ0v) is 17.4. The second kappa shape index (κ2) is 11.7. The average Bonchev–Trinajstić information content (AvgIpc) is 3.18. The van der Waals surface area contributed by atoms with Gasteiger partial charge in [0.05, 0.1) is 4.92 Å². The highest BCUT2D eigenvalue weighted by molar-refractivity contribution is 5.76. The molecule has 1 unspecified atom stereocenters.